The lowest BCUT2D eigenvalue weighted by molar-refractivity contribution is 0.0465. The van der Waals surface area contributed by atoms with Crippen LogP contribution in [0.2, 0.25) is 5.02 Å². The van der Waals surface area contributed by atoms with Crippen molar-refractivity contribution in [2.75, 3.05) is 6.54 Å². The molecule has 1 saturated heterocycles. The van der Waals surface area contributed by atoms with Crippen molar-refractivity contribution in [3.8, 4) is 0 Å². The van der Waals surface area contributed by atoms with E-state index in [1.165, 1.54) is 31.2 Å². The van der Waals surface area contributed by atoms with Crippen LogP contribution in [0.4, 0.5) is 0 Å². The molecule has 110 valence electrons. The summed E-state index contributed by atoms with van der Waals surface area (Å²) in [5, 5.41) is 4.49. The van der Waals surface area contributed by atoms with Gasteiger partial charge in [0, 0.05) is 17.6 Å². The first-order chi connectivity index (χ1) is 9.70. The minimum Gasteiger partial charge on any atom is -0.375 e. The molecule has 2 fully saturated rings. The fraction of sp³-hybridized carbons (Fsp3) is 0.647. The van der Waals surface area contributed by atoms with Gasteiger partial charge in [-0.05, 0) is 62.6 Å². The summed E-state index contributed by atoms with van der Waals surface area (Å²) in [4.78, 5) is 0. The SMILES string of the molecule is CC1CCC(CC(CNC2CC2)c2cccc(Cl)c2)O1. The van der Waals surface area contributed by atoms with Crippen LogP contribution in [0.25, 0.3) is 0 Å². The number of halogens is 1. The van der Waals surface area contributed by atoms with E-state index in [1.807, 2.05) is 6.07 Å². The van der Waals surface area contributed by atoms with Crippen molar-refractivity contribution in [2.45, 2.75) is 63.2 Å². The van der Waals surface area contributed by atoms with E-state index < -0.39 is 0 Å². The lowest BCUT2D eigenvalue weighted by atomic mass is 9.92. The van der Waals surface area contributed by atoms with E-state index in [1.54, 1.807) is 0 Å². The Morgan fingerprint density at radius 1 is 1.30 bits per heavy atom. The topological polar surface area (TPSA) is 21.3 Å². The molecule has 0 bridgehead atoms. The van der Waals surface area contributed by atoms with E-state index >= 15 is 0 Å². The van der Waals surface area contributed by atoms with Crippen LogP contribution >= 0.6 is 11.6 Å². The summed E-state index contributed by atoms with van der Waals surface area (Å²) in [7, 11) is 0. The minimum atomic E-state index is 0.412. The highest BCUT2D eigenvalue weighted by atomic mass is 35.5. The van der Waals surface area contributed by atoms with Gasteiger partial charge >= 0.3 is 0 Å². The molecule has 1 N–H and O–H groups in total. The molecule has 0 aromatic heterocycles. The number of ether oxygens (including phenoxy) is 1. The molecule has 2 aliphatic rings. The van der Waals surface area contributed by atoms with Gasteiger partial charge in [0.05, 0.1) is 12.2 Å². The summed E-state index contributed by atoms with van der Waals surface area (Å²) in [6.45, 7) is 3.22. The van der Waals surface area contributed by atoms with Gasteiger partial charge in [0.1, 0.15) is 0 Å². The van der Waals surface area contributed by atoms with Gasteiger partial charge in [0.25, 0.3) is 0 Å². The summed E-state index contributed by atoms with van der Waals surface area (Å²) in [6.07, 6.45) is 7.00. The molecule has 1 aromatic carbocycles. The molecule has 1 heterocycles. The summed E-state index contributed by atoms with van der Waals surface area (Å²) in [5.74, 6) is 0.504. The Labute approximate surface area is 126 Å². The summed E-state index contributed by atoms with van der Waals surface area (Å²) in [5.41, 5.74) is 1.34. The van der Waals surface area contributed by atoms with E-state index in [9.17, 15) is 0 Å². The van der Waals surface area contributed by atoms with E-state index in [0.717, 1.165) is 24.0 Å². The zero-order chi connectivity index (χ0) is 13.9. The molecule has 3 heteroatoms. The lowest BCUT2D eigenvalue weighted by Crippen LogP contribution is -2.26. The highest BCUT2D eigenvalue weighted by Gasteiger charge is 2.27. The maximum atomic E-state index is 6.15. The molecule has 1 aliphatic carbocycles. The Hall–Kier alpha value is -0.570. The van der Waals surface area contributed by atoms with Crippen LogP contribution in [-0.2, 0) is 4.74 Å². The first-order valence-corrected chi connectivity index (χ1v) is 8.23. The molecule has 1 saturated carbocycles. The quantitative estimate of drug-likeness (QED) is 0.851. The van der Waals surface area contributed by atoms with Gasteiger partial charge in [0.2, 0.25) is 0 Å². The Morgan fingerprint density at radius 3 is 2.80 bits per heavy atom. The van der Waals surface area contributed by atoms with E-state index in [2.05, 4.69) is 30.4 Å². The van der Waals surface area contributed by atoms with Gasteiger partial charge in [-0.3, -0.25) is 0 Å². The first-order valence-electron chi connectivity index (χ1n) is 7.85. The van der Waals surface area contributed by atoms with Gasteiger partial charge in [-0.15, -0.1) is 0 Å². The highest BCUT2D eigenvalue weighted by molar-refractivity contribution is 6.30. The third-order valence-corrected chi connectivity index (χ3v) is 4.65. The van der Waals surface area contributed by atoms with Crippen LogP contribution in [0.15, 0.2) is 24.3 Å². The van der Waals surface area contributed by atoms with Crippen molar-refractivity contribution in [1.82, 2.24) is 5.32 Å². The largest absolute Gasteiger partial charge is 0.375 e. The zero-order valence-corrected chi connectivity index (χ0v) is 12.9. The smallest absolute Gasteiger partial charge is 0.0586 e. The molecule has 0 radical (unpaired) electrons. The molecule has 20 heavy (non-hydrogen) atoms. The van der Waals surface area contributed by atoms with Crippen LogP contribution in [0.1, 0.15) is 50.5 Å². The second-order valence-corrected chi connectivity index (χ2v) is 6.75. The lowest BCUT2D eigenvalue weighted by Gasteiger charge is -2.22. The van der Waals surface area contributed by atoms with Crippen molar-refractivity contribution in [1.29, 1.82) is 0 Å². The van der Waals surface area contributed by atoms with Gasteiger partial charge in [-0.1, -0.05) is 23.7 Å². The van der Waals surface area contributed by atoms with Crippen LogP contribution in [0.3, 0.4) is 0 Å². The fourth-order valence-electron chi connectivity index (χ4n) is 3.07. The second kappa shape index (κ2) is 6.46. The predicted octanol–water partition coefficient (Wildman–Crippen LogP) is 4.13. The molecule has 1 aliphatic heterocycles. The average molecular weight is 294 g/mol. The van der Waals surface area contributed by atoms with Crippen molar-refractivity contribution < 1.29 is 4.74 Å². The first kappa shape index (κ1) is 14.4. The number of rotatable bonds is 6. The van der Waals surface area contributed by atoms with Crippen LogP contribution in [0, 0.1) is 0 Å². The molecule has 3 rings (SSSR count). The van der Waals surface area contributed by atoms with E-state index in [-0.39, 0.29) is 0 Å². The molecule has 2 nitrogen and oxygen atoms in total. The minimum absolute atomic E-state index is 0.412. The summed E-state index contributed by atoms with van der Waals surface area (Å²) in [6, 6.07) is 9.06. The third kappa shape index (κ3) is 3.97. The standard InChI is InChI=1S/C17H24ClNO/c1-12-5-8-17(20-12)10-14(11-19-16-6-7-16)13-3-2-4-15(18)9-13/h2-4,9,12,14,16-17,19H,5-8,10-11H2,1H3. The Kier molecular flexibility index (Phi) is 4.65. The maximum absolute atomic E-state index is 6.15. The second-order valence-electron chi connectivity index (χ2n) is 6.32. The van der Waals surface area contributed by atoms with Crippen molar-refractivity contribution in [3.63, 3.8) is 0 Å². The van der Waals surface area contributed by atoms with E-state index in [4.69, 9.17) is 16.3 Å². The molecule has 1 aromatic rings. The van der Waals surface area contributed by atoms with Gasteiger partial charge < -0.3 is 10.1 Å². The fourth-order valence-corrected chi connectivity index (χ4v) is 3.27. The molecule has 0 spiro atoms. The number of hydrogen-bond acceptors (Lipinski definition) is 2. The monoisotopic (exact) mass is 293 g/mol. The average Bonchev–Trinajstić information content (AvgIpc) is 3.17. The maximum Gasteiger partial charge on any atom is 0.0586 e. The van der Waals surface area contributed by atoms with Gasteiger partial charge in [-0.2, -0.15) is 0 Å². The number of hydrogen-bond donors (Lipinski definition) is 1. The number of nitrogens with one attached hydrogen (secondary N) is 1. The van der Waals surface area contributed by atoms with Crippen molar-refractivity contribution in [3.05, 3.63) is 34.9 Å². The van der Waals surface area contributed by atoms with Gasteiger partial charge in [-0.25, -0.2) is 0 Å². The highest BCUT2D eigenvalue weighted by Crippen LogP contribution is 2.31. The van der Waals surface area contributed by atoms with Crippen LogP contribution in [0.5, 0.6) is 0 Å². The number of benzene rings is 1. The Morgan fingerprint density at radius 2 is 2.15 bits per heavy atom. The predicted molar refractivity (Wildman–Crippen MR) is 83.4 cm³/mol. The molecule has 0 amide bonds. The van der Waals surface area contributed by atoms with Crippen molar-refractivity contribution >= 4 is 11.6 Å². The molecular formula is C17H24ClNO. The van der Waals surface area contributed by atoms with E-state index in [0.29, 0.717) is 18.1 Å². The van der Waals surface area contributed by atoms with Crippen LogP contribution < -0.4 is 5.32 Å². The van der Waals surface area contributed by atoms with Crippen LogP contribution in [-0.4, -0.2) is 24.8 Å². The molecule has 3 atom stereocenters. The Balaban J connectivity index is 1.65. The molecule has 3 unspecified atom stereocenters. The summed E-state index contributed by atoms with van der Waals surface area (Å²) >= 11 is 6.15. The normalized spacial score (nSPS) is 27.7. The zero-order valence-electron chi connectivity index (χ0n) is 12.1. The summed E-state index contributed by atoms with van der Waals surface area (Å²) < 4.78 is 6.01. The molecular weight excluding hydrogens is 270 g/mol. The third-order valence-electron chi connectivity index (χ3n) is 4.42. The van der Waals surface area contributed by atoms with Gasteiger partial charge in [0.15, 0.2) is 0 Å². The Bertz CT molecular complexity index is 446. The van der Waals surface area contributed by atoms with Crippen molar-refractivity contribution in [2.24, 2.45) is 0 Å².